The molecule has 3 unspecified atom stereocenters. The largest absolute Gasteiger partial charge is 0.391 e. The highest BCUT2D eigenvalue weighted by Crippen LogP contribution is 2.28. The number of nitrogens with zero attached hydrogens (tertiary/aromatic N) is 1. The van der Waals surface area contributed by atoms with Crippen LogP contribution in [0.25, 0.3) is 0 Å². The summed E-state index contributed by atoms with van der Waals surface area (Å²) in [6.07, 6.45) is -2.95. The highest BCUT2D eigenvalue weighted by atomic mass is 19.4. The van der Waals surface area contributed by atoms with Gasteiger partial charge in [0.05, 0.1) is 12.5 Å². The molecule has 1 saturated carbocycles. The number of hydrogen-bond donors (Lipinski definition) is 1. The highest BCUT2D eigenvalue weighted by molar-refractivity contribution is 4.84. The first-order valence-electron chi connectivity index (χ1n) is 5.74. The Morgan fingerprint density at radius 1 is 1.31 bits per heavy atom. The zero-order valence-corrected chi connectivity index (χ0v) is 9.80. The SMILES string of the molecule is CC1CCC(O)C(N(C)CCC(F)(F)F)C1. The Kier molecular flexibility index (Phi) is 4.62. The highest BCUT2D eigenvalue weighted by Gasteiger charge is 2.33. The molecule has 0 aromatic rings. The Morgan fingerprint density at radius 2 is 1.94 bits per heavy atom. The molecule has 1 N–H and O–H groups in total. The van der Waals surface area contributed by atoms with Gasteiger partial charge >= 0.3 is 6.18 Å². The van der Waals surface area contributed by atoms with Crippen molar-refractivity contribution < 1.29 is 18.3 Å². The van der Waals surface area contributed by atoms with Gasteiger partial charge in [0.1, 0.15) is 0 Å². The Hall–Kier alpha value is -0.290. The van der Waals surface area contributed by atoms with Crippen LogP contribution in [0.2, 0.25) is 0 Å². The Bertz CT molecular complexity index is 220. The number of aliphatic hydroxyl groups excluding tert-OH is 1. The van der Waals surface area contributed by atoms with Crippen molar-refractivity contribution in [3.63, 3.8) is 0 Å². The lowest BCUT2D eigenvalue weighted by molar-refractivity contribution is -0.140. The average Bonchev–Trinajstić information content (AvgIpc) is 2.17. The maximum Gasteiger partial charge on any atom is 0.390 e. The van der Waals surface area contributed by atoms with E-state index in [1.165, 1.54) is 0 Å². The molecule has 0 aromatic heterocycles. The van der Waals surface area contributed by atoms with Crippen LogP contribution < -0.4 is 0 Å². The molecule has 0 spiro atoms. The van der Waals surface area contributed by atoms with E-state index in [9.17, 15) is 18.3 Å². The first-order chi connectivity index (χ1) is 7.29. The molecule has 0 amide bonds. The zero-order chi connectivity index (χ0) is 12.3. The van der Waals surface area contributed by atoms with Crippen molar-refractivity contribution >= 4 is 0 Å². The minimum atomic E-state index is -4.11. The molecule has 0 aromatic carbocycles. The second-order valence-electron chi connectivity index (χ2n) is 4.90. The quantitative estimate of drug-likeness (QED) is 0.817. The van der Waals surface area contributed by atoms with E-state index in [2.05, 4.69) is 6.92 Å². The fraction of sp³-hybridized carbons (Fsp3) is 1.00. The minimum Gasteiger partial charge on any atom is -0.391 e. The molecule has 0 heterocycles. The summed E-state index contributed by atoms with van der Waals surface area (Å²) in [6.45, 7) is 2.05. The van der Waals surface area contributed by atoms with Gasteiger partial charge < -0.3 is 10.0 Å². The van der Waals surface area contributed by atoms with Crippen molar-refractivity contribution in [1.29, 1.82) is 0 Å². The first-order valence-corrected chi connectivity index (χ1v) is 5.74. The molecule has 3 atom stereocenters. The van der Waals surface area contributed by atoms with E-state index in [-0.39, 0.29) is 12.6 Å². The minimum absolute atomic E-state index is 0.0298. The van der Waals surface area contributed by atoms with Crippen molar-refractivity contribution in [1.82, 2.24) is 4.90 Å². The summed E-state index contributed by atoms with van der Waals surface area (Å²) < 4.78 is 36.2. The van der Waals surface area contributed by atoms with E-state index in [4.69, 9.17) is 0 Å². The van der Waals surface area contributed by atoms with Gasteiger partial charge in [0.25, 0.3) is 0 Å². The Morgan fingerprint density at radius 3 is 2.50 bits per heavy atom. The molecule has 0 saturated heterocycles. The van der Waals surface area contributed by atoms with E-state index in [0.717, 1.165) is 12.8 Å². The standard InChI is InChI=1S/C11H20F3NO/c1-8-3-4-10(16)9(7-8)15(2)6-5-11(12,13)14/h8-10,16H,3-7H2,1-2H3. The van der Waals surface area contributed by atoms with Crippen molar-refractivity contribution in [3.05, 3.63) is 0 Å². The molecule has 96 valence electrons. The second kappa shape index (κ2) is 5.36. The van der Waals surface area contributed by atoms with E-state index in [1.54, 1.807) is 11.9 Å². The van der Waals surface area contributed by atoms with Gasteiger partial charge in [0.2, 0.25) is 0 Å². The van der Waals surface area contributed by atoms with Crippen LogP contribution >= 0.6 is 0 Å². The molecule has 0 radical (unpaired) electrons. The van der Waals surface area contributed by atoms with Crippen molar-refractivity contribution in [2.24, 2.45) is 5.92 Å². The van der Waals surface area contributed by atoms with Crippen LogP contribution in [0, 0.1) is 5.92 Å². The van der Waals surface area contributed by atoms with Crippen molar-refractivity contribution in [3.8, 4) is 0 Å². The third-order valence-corrected chi connectivity index (χ3v) is 3.36. The van der Waals surface area contributed by atoms with Crippen LogP contribution in [0.3, 0.4) is 0 Å². The number of alkyl halides is 3. The third kappa shape index (κ3) is 4.29. The van der Waals surface area contributed by atoms with Gasteiger partial charge in [0, 0.05) is 12.6 Å². The van der Waals surface area contributed by atoms with E-state index >= 15 is 0 Å². The van der Waals surface area contributed by atoms with Crippen molar-refractivity contribution in [2.45, 2.75) is 50.9 Å². The van der Waals surface area contributed by atoms with Crippen LogP contribution in [0.5, 0.6) is 0 Å². The summed E-state index contributed by atoms with van der Waals surface area (Å²) in [7, 11) is 1.66. The van der Waals surface area contributed by atoms with Crippen LogP contribution in [0.1, 0.15) is 32.6 Å². The van der Waals surface area contributed by atoms with Gasteiger partial charge in [-0.25, -0.2) is 0 Å². The van der Waals surface area contributed by atoms with E-state index in [1.807, 2.05) is 0 Å². The molecule has 0 aliphatic heterocycles. The van der Waals surface area contributed by atoms with Crippen molar-refractivity contribution in [2.75, 3.05) is 13.6 Å². The topological polar surface area (TPSA) is 23.5 Å². The summed E-state index contributed by atoms with van der Waals surface area (Å²) in [5, 5.41) is 9.76. The van der Waals surface area contributed by atoms with Gasteiger partial charge in [-0.1, -0.05) is 6.92 Å². The molecule has 1 aliphatic carbocycles. The lowest BCUT2D eigenvalue weighted by Crippen LogP contribution is -2.46. The lowest BCUT2D eigenvalue weighted by Gasteiger charge is -2.38. The molecule has 1 aliphatic rings. The molecule has 5 heteroatoms. The van der Waals surface area contributed by atoms with Crippen LogP contribution in [-0.4, -0.2) is 41.9 Å². The van der Waals surface area contributed by atoms with Crippen LogP contribution in [0.15, 0.2) is 0 Å². The molecule has 1 rings (SSSR count). The number of halogens is 3. The fourth-order valence-electron chi connectivity index (χ4n) is 2.28. The van der Waals surface area contributed by atoms with Gasteiger partial charge in [-0.3, -0.25) is 0 Å². The predicted octanol–water partition coefficient (Wildman–Crippen LogP) is 2.42. The Balaban J connectivity index is 2.42. The van der Waals surface area contributed by atoms with Crippen LogP contribution in [0.4, 0.5) is 13.2 Å². The van der Waals surface area contributed by atoms with Gasteiger partial charge in [0.15, 0.2) is 0 Å². The fourth-order valence-corrected chi connectivity index (χ4v) is 2.28. The normalized spacial score (nSPS) is 32.1. The Labute approximate surface area is 94.4 Å². The van der Waals surface area contributed by atoms with E-state index in [0.29, 0.717) is 12.3 Å². The smallest absolute Gasteiger partial charge is 0.390 e. The molecule has 2 nitrogen and oxygen atoms in total. The van der Waals surface area contributed by atoms with Gasteiger partial charge in [-0.2, -0.15) is 13.2 Å². The van der Waals surface area contributed by atoms with Gasteiger partial charge in [-0.05, 0) is 32.2 Å². The predicted molar refractivity (Wildman–Crippen MR) is 56.1 cm³/mol. The maximum absolute atomic E-state index is 12.1. The monoisotopic (exact) mass is 239 g/mol. The summed E-state index contributed by atoms with van der Waals surface area (Å²) in [5.41, 5.74) is 0. The summed E-state index contributed by atoms with van der Waals surface area (Å²) in [6, 6.07) is -0.119. The van der Waals surface area contributed by atoms with Crippen LogP contribution in [-0.2, 0) is 0 Å². The molecule has 0 bridgehead atoms. The summed E-state index contributed by atoms with van der Waals surface area (Å²) >= 11 is 0. The third-order valence-electron chi connectivity index (χ3n) is 3.36. The number of hydrogen-bond acceptors (Lipinski definition) is 2. The second-order valence-corrected chi connectivity index (χ2v) is 4.90. The summed E-state index contributed by atoms with van der Waals surface area (Å²) in [4.78, 5) is 1.65. The average molecular weight is 239 g/mol. The first kappa shape index (κ1) is 13.8. The number of rotatable bonds is 3. The molecular formula is C11H20F3NO. The molecule has 16 heavy (non-hydrogen) atoms. The maximum atomic E-state index is 12.1. The molecular weight excluding hydrogens is 219 g/mol. The molecule has 1 fully saturated rings. The number of likely N-dealkylation sites (N-methyl/N-ethyl adjacent to an activating group) is 1. The number of aliphatic hydroxyl groups is 1. The lowest BCUT2D eigenvalue weighted by atomic mass is 9.84. The zero-order valence-electron chi connectivity index (χ0n) is 9.80. The van der Waals surface area contributed by atoms with Gasteiger partial charge in [-0.15, -0.1) is 0 Å². The summed E-state index contributed by atoms with van der Waals surface area (Å²) in [5.74, 6) is 0.488. The van der Waals surface area contributed by atoms with E-state index < -0.39 is 18.7 Å².